The van der Waals surface area contributed by atoms with E-state index in [1.165, 1.54) is 7.11 Å². The largest absolute Gasteiger partial charge is 0.379 e. The molecule has 5 nitrogen and oxygen atoms in total. The molecule has 1 aliphatic carbocycles. The van der Waals surface area contributed by atoms with E-state index in [4.69, 9.17) is 4.74 Å². The zero-order valence-electron chi connectivity index (χ0n) is 8.00. The number of amides is 2. The van der Waals surface area contributed by atoms with Crippen molar-refractivity contribution in [2.45, 2.75) is 31.4 Å². The van der Waals surface area contributed by atoms with Crippen LogP contribution in [0, 0.1) is 0 Å². The molecule has 1 saturated carbocycles. The van der Waals surface area contributed by atoms with Crippen molar-refractivity contribution < 1.29 is 14.4 Å². The van der Waals surface area contributed by atoms with Gasteiger partial charge in [0, 0.05) is 7.11 Å². The number of rotatable bonds is 3. The Morgan fingerprint density at radius 2 is 2.15 bits per heavy atom. The molecule has 0 radical (unpaired) electrons. The number of nitrogens with one attached hydrogen (secondary N) is 2. The molecule has 0 heterocycles. The van der Waals surface area contributed by atoms with Crippen LogP contribution < -0.4 is 10.8 Å². The maximum absolute atomic E-state index is 11.1. The molecule has 1 aliphatic rings. The van der Waals surface area contributed by atoms with Crippen LogP contribution in [0.5, 0.6) is 0 Å². The summed E-state index contributed by atoms with van der Waals surface area (Å²) in [6.45, 7) is 0. The molecule has 1 rings (SSSR count). The Bertz CT molecular complexity index is 175. The number of ether oxygens (including phenoxy) is 1. The Labute approximate surface area is 77.7 Å². The molecule has 0 aromatic carbocycles. The van der Waals surface area contributed by atoms with Gasteiger partial charge in [0.1, 0.15) is 0 Å². The van der Waals surface area contributed by atoms with Gasteiger partial charge in [-0.25, -0.2) is 10.3 Å². The predicted octanol–water partition coefficient (Wildman–Crippen LogP) is 0.414. The molecule has 0 aliphatic heterocycles. The normalized spacial score (nSPS) is 27.2. The number of urea groups is 1. The molecular weight excluding hydrogens is 172 g/mol. The van der Waals surface area contributed by atoms with Crippen molar-refractivity contribution in [3.63, 3.8) is 0 Å². The van der Waals surface area contributed by atoms with E-state index in [0.717, 1.165) is 19.3 Å². The molecule has 2 N–H and O–H groups in total. The molecule has 0 aromatic rings. The zero-order chi connectivity index (χ0) is 9.68. The Hall–Kier alpha value is -0.810. The van der Waals surface area contributed by atoms with Gasteiger partial charge in [-0.1, -0.05) is 0 Å². The smallest absolute Gasteiger partial charge is 0.339 e. The second kappa shape index (κ2) is 5.04. The summed E-state index contributed by atoms with van der Waals surface area (Å²) < 4.78 is 5.22. The van der Waals surface area contributed by atoms with Crippen LogP contribution in [0.1, 0.15) is 19.3 Å². The first kappa shape index (κ1) is 10.3. The van der Waals surface area contributed by atoms with Crippen LogP contribution in [0.4, 0.5) is 4.79 Å². The van der Waals surface area contributed by atoms with E-state index in [1.54, 1.807) is 7.11 Å². The molecule has 76 valence electrons. The molecule has 1 fully saturated rings. The van der Waals surface area contributed by atoms with Crippen molar-refractivity contribution in [3.05, 3.63) is 0 Å². The van der Waals surface area contributed by atoms with E-state index in [1.807, 2.05) is 0 Å². The maximum atomic E-state index is 11.1. The highest BCUT2D eigenvalue weighted by atomic mass is 16.6. The van der Waals surface area contributed by atoms with Gasteiger partial charge in [-0.15, -0.1) is 0 Å². The topological polar surface area (TPSA) is 59.6 Å². The summed E-state index contributed by atoms with van der Waals surface area (Å²) in [5.41, 5.74) is 2.21. The lowest BCUT2D eigenvalue weighted by atomic mass is 10.2. The van der Waals surface area contributed by atoms with E-state index in [0.29, 0.717) is 0 Å². The summed E-state index contributed by atoms with van der Waals surface area (Å²) in [4.78, 5) is 15.5. The monoisotopic (exact) mass is 188 g/mol. The highest BCUT2D eigenvalue weighted by Gasteiger charge is 2.28. The third-order valence-electron chi connectivity index (χ3n) is 2.27. The highest BCUT2D eigenvalue weighted by molar-refractivity contribution is 5.73. The van der Waals surface area contributed by atoms with Gasteiger partial charge in [0.05, 0.1) is 19.3 Å². The molecule has 0 spiro atoms. The third-order valence-corrected chi connectivity index (χ3v) is 2.27. The van der Waals surface area contributed by atoms with Crippen LogP contribution in [-0.4, -0.2) is 32.4 Å². The number of hydrogen-bond acceptors (Lipinski definition) is 3. The predicted molar refractivity (Wildman–Crippen MR) is 47.1 cm³/mol. The molecule has 2 unspecified atom stereocenters. The first-order valence-electron chi connectivity index (χ1n) is 4.40. The molecule has 2 amide bonds. The van der Waals surface area contributed by atoms with Crippen molar-refractivity contribution in [3.8, 4) is 0 Å². The van der Waals surface area contributed by atoms with Crippen molar-refractivity contribution in [1.82, 2.24) is 10.8 Å². The highest BCUT2D eigenvalue weighted by Crippen LogP contribution is 2.21. The fraction of sp³-hybridized carbons (Fsp3) is 0.875. The number of hydrogen-bond donors (Lipinski definition) is 2. The Balaban J connectivity index is 2.30. The minimum Gasteiger partial charge on any atom is -0.379 e. The Kier molecular flexibility index (Phi) is 3.98. The van der Waals surface area contributed by atoms with Crippen molar-refractivity contribution in [2.24, 2.45) is 0 Å². The average Bonchev–Trinajstić information content (AvgIpc) is 2.52. The second-order valence-electron chi connectivity index (χ2n) is 3.09. The van der Waals surface area contributed by atoms with Crippen molar-refractivity contribution in [1.29, 1.82) is 0 Å². The van der Waals surface area contributed by atoms with Gasteiger partial charge in [0.2, 0.25) is 0 Å². The van der Waals surface area contributed by atoms with Crippen molar-refractivity contribution in [2.75, 3.05) is 14.2 Å². The number of methoxy groups -OCH3 is 1. The minimum atomic E-state index is -0.309. The Morgan fingerprint density at radius 1 is 1.38 bits per heavy atom. The fourth-order valence-corrected chi connectivity index (χ4v) is 1.66. The molecule has 0 bridgehead atoms. The number of hydroxylamine groups is 1. The van der Waals surface area contributed by atoms with Gasteiger partial charge in [-0.2, -0.15) is 0 Å². The van der Waals surface area contributed by atoms with Crippen LogP contribution in [0.3, 0.4) is 0 Å². The van der Waals surface area contributed by atoms with Crippen LogP contribution in [0.15, 0.2) is 0 Å². The second-order valence-corrected chi connectivity index (χ2v) is 3.09. The van der Waals surface area contributed by atoms with Gasteiger partial charge in [-0.05, 0) is 19.3 Å². The zero-order valence-corrected chi connectivity index (χ0v) is 8.00. The summed E-state index contributed by atoms with van der Waals surface area (Å²) in [6, 6.07) is -0.198. The first-order valence-corrected chi connectivity index (χ1v) is 4.40. The van der Waals surface area contributed by atoms with E-state index < -0.39 is 0 Å². The summed E-state index contributed by atoms with van der Waals surface area (Å²) in [5.74, 6) is 0. The van der Waals surface area contributed by atoms with E-state index in [-0.39, 0.29) is 18.2 Å². The molecule has 13 heavy (non-hydrogen) atoms. The number of carbonyl (C=O) groups is 1. The van der Waals surface area contributed by atoms with Crippen LogP contribution in [0.25, 0.3) is 0 Å². The Morgan fingerprint density at radius 3 is 2.77 bits per heavy atom. The lowest BCUT2D eigenvalue weighted by Crippen LogP contribution is -2.45. The van der Waals surface area contributed by atoms with Crippen LogP contribution in [-0.2, 0) is 9.57 Å². The van der Waals surface area contributed by atoms with Crippen LogP contribution in [0.2, 0.25) is 0 Å². The number of carbonyl (C=O) groups excluding carboxylic acids is 1. The lowest BCUT2D eigenvalue weighted by molar-refractivity contribution is 0.0767. The van der Waals surface area contributed by atoms with Gasteiger partial charge >= 0.3 is 6.03 Å². The maximum Gasteiger partial charge on any atom is 0.339 e. The molecule has 5 heteroatoms. The third kappa shape index (κ3) is 2.86. The van der Waals surface area contributed by atoms with Gasteiger partial charge in [0.25, 0.3) is 0 Å². The minimum absolute atomic E-state index is 0.111. The summed E-state index contributed by atoms with van der Waals surface area (Å²) in [5, 5.41) is 2.78. The molecule has 0 saturated heterocycles. The van der Waals surface area contributed by atoms with E-state index in [9.17, 15) is 4.79 Å². The van der Waals surface area contributed by atoms with Crippen LogP contribution >= 0.6 is 0 Å². The lowest BCUT2D eigenvalue weighted by Gasteiger charge is -2.19. The summed E-state index contributed by atoms with van der Waals surface area (Å²) in [6.07, 6.45) is 3.21. The fourth-order valence-electron chi connectivity index (χ4n) is 1.66. The van der Waals surface area contributed by atoms with Crippen molar-refractivity contribution >= 4 is 6.03 Å². The molecule has 0 aromatic heterocycles. The molecule has 2 atom stereocenters. The van der Waals surface area contributed by atoms with E-state index >= 15 is 0 Å². The summed E-state index contributed by atoms with van der Waals surface area (Å²) in [7, 11) is 3.07. The summed E-state index contributed by atoms with van der Waals surface area (Å²) >= 11 is 0. The quantitative estimate of drug-likeness (QED) is 0.631. The molecular formula is C8H16N2O3. The standard InChI is InChI=1S/C8H16N2O3/c1-12-7-5-3-4-6(7)9-8(11)10-13-2/h6-7H,3-5H2,1-2H3,(H2,9,10,11). The average molecular weight is 188 g/mol. The van der Waals surface area contributed by atoms with Gasteiger partial charge in [-0.3, -0.25) is 4.84 Å². The SMILES string of the molecule is CONC(=O)NC1CCCC1OC. The van der Waals surface area contributed by atoms with E-state index in [2.05, 4.69) is 15.6 Å². The first-order chi connectivity index (χ1) is 6.27. The van der Waals surface area contributed by atoms with Gasteiger partial charge < -0.3 is 10.1 Å². The van der Waals surface area contributed by atoms with Gasteiger partial charge in [0.15, 0.2) is 0 Å².